The first-order chi connectivity index (χ1) is 8.28. The molecule has 3 heteroatoms. The van der Waals surface area contributed by atoms with Crippen LogP contribution in [0.3, 0.4) is 0 Å². The van der Waals surface area contributed by atoms with Gasteiger partial charge in [0.25, 0.3) is 0 Å². The molecule has 0 radical (unpaired) electrons. The highest BCUT2D eigenvalue weighted by molar-refractivity contribution is 5.25. The number of nitrogens with one attached hydrogen (secondary N) is 1. The highest BCUT2D eigenvalue weighted by Gasteiger charge is 2.24. The average Bonchev–Trinajstić information content (AvgIpc) is 2.29. The van der Waals surface area contributed by atoms with E-state index < -0.39 is 0 Å². The molecule has 1 aromatic rings. The van der Waals surface area contributed by atoms with Gasteiger partial charge < -0.3 is 11.1 Å². The second-order valence-electron chi connectivity index (χ2n) is 6.34. The lowest BCUT2D eigenvalue weighted by molar-refractivity contribution is 0.330. The Morgan fingerprint density at radius 1 is 1.11 bits per heavy atom. The first-order valence-electron chi connectivity index (χ1n) is 6.44. The molecule has 0 saturated heterocycles. The van der Waals surface area contributed by atoms with E-state index in [0.29, 0.717) is 6.54 Å². The number of nitrogens with two attached hydrogens (primary N) is 1. The SMILES string of the molecule is CC(C)(CN)CNCC(C)(C)c1ccccc1F. The lowest BCUT2D eigenvalue weighted by Gasteiger charge is -2.29. The lowest BCUT2D eigenvalue weighted by Crippen LogP contribution is -2.41. The molecule has 0 aromatic heterocycles. The van der Waals surface area contributed by atoms with Crippen LogP contribution >= 0.6 is 0 Å². The van der Waals surface area contributed by atoms with Crippen molar-refractivity contribution in [1.29, 1.82) is 0 Å². The van der Waals surface area contributed by atoms with Crippen LogP contribution in [0.25, 0.3) is 0 Å². The highest BCUT2D eigenvalue weighted by atomic mass is 19.1. The van der Waals surface area contributed by atoms with Crippen LogP contribution < -0.4 is 11.1 Å². The minimum atomic E-state index is -0.226. The third-order valence-electron chi connectivity index (χ3n) is 3.33. The van der Waals surface area contributed by atoms with Gasteiger partial charge in [-0.05, 0) is 23.6 Å². The maximum absolute atomic E-state index is 13.8. The number of hydrogen-bond acceptors (Lipinski definition) is 2. The predicted octanol–water partition coefficient (Wildman–Crippen LogP) is 2.68. The van der Waals surface area contributed by atoms with Crippen molar-refractivity contribution in [3.8, 4) is 0 Å². The fourth-order valence-electron chi connectivity index (χ4n) is 1.89. The third-order valence-corrected chi connectivity index (χ3v) is 3.33. The summed E-state index contributed by atoms with van der Waals surface area (Å²) in [5.41, 5.74) is 6.29. The molecule has 1 aromatic carbocycles. The zero-order valence-corrected chi connectivity index (χ0v) is 11.9. The van der Waals surface area contributed by atoms with Gasteiger partial charge in [0.2, 0.25) is 0 Å². The molecular formula is C15H25FN2. The standard InChI is InChI=1S/C15H25FN2/c1-14(2,9-17)10-18-11-15(3,4)12-7-5-6-8-13(12)16/h5-8,18H,9-11,17H2,1-4H3. The average molecular weight is 252 g/mol. The summed E-state index contributed by atoms with van der Waals surface area (Å²) >= 11 is 0. The van der Waals surface area contributed by atoms with E-state index in [1.54, 1.807) is 6.07 Å². The van der Waals surface area contributed by atoms with Gasteiger partial charge in [-0.25, -0.2) is 4.39 Å². The van der Waals surface area contributed by atoms with Crippen LogP contribution in [-0.4, -0.2) is 19.6 Å². The largest absolute Gasteiger partial charge is 0.330 e. The highest BCUT2D eigenvalue weighted by Crippen LogP contribution is 2.25. The van der Waals surface area contributed by atoms with Crippen LogP contribution in [0, 0.1) is 11.2 Å². The van der Waals surface area contributed by atoms with Gasteiger partial charge in [-0.1, -0.05) is 45.9 Å². The Morgan fingerprint density at radius 3 is 2.28 bits per heavy atom. The quantitative estimate of drug-likeness (QED) is 0.817. The van der Waals surface area contributed by atoms with Crippen molar-refractivity contribution < 1.29 is 4.39 Å². The summed E-state index contributed by atoms with van der Waals surface area (Å²) in [7, 11) is 0. The molecule has 0 aliphatic carbocycles. The maximum atomic E-state index is 13.8. The Balaban J connectivity index is 2.63. The Morgan fingerprint density at radius 2 is 1.72 bits per heavy atom. The molecule has 102 valence electrons. The molecule has 0 aliphatic heterocycles. The first kappa shape index (κ1) is 15.1. The summed E-state index contributed by atoms with van der Waals surface area (Å²) in [5, 5.41) is 3.40. The molecule has 0 unspecified atom stereocenters. The molecule has 0 bridgehead atoms. The summed E-state index contributed by atoms with van der Waals surface area (Å²) in [5.74, 6) is -0.137. The molecule has 3 N–H and O–H groups in total. The van der Waals surface area contributed by atoms with Crippen LogP contribution in [-0.2, 0) is 5.41 Å². The van der Waals surface area contributed by atoms with Gasteiger partial charge in [0.1, 0.15) is 5.82 Å². The number of rotatable bonds is 6. The van der Waals surface area contributed by atoms with Crippen molar-refractivity contribution in [2.75, 3.05) is 19.6 Å². The first-order valence-corrected chi connectivity index (χ1v) is 6.44. The van der Waals surface area contributed by atoms with E-state index in [-0.39, 0.29) is 16.6 Å². The topological polar surface area (TPSA) is 38.0 Å². The summed E-state index contributed by atoms with van der Waals surface area (Å²) in [4.78, 5) is 0. The van der Waals surface area contributed by atoms with Gasteiger partial charge in [0, 0.05) is 18.5 Å². The molecule has 1 rings (SSSR count). The molecule has 2 nitrogen and oxygen atoms in total. The van der Waals surface area contributed by atoms with E-state index in [0.717, 1.165) is 18.7 Å². The van der Waals surface area contributed by atoms with Crippen molar-refractivity contribution >= 4 is 0 Å². The van der Waals surface area contributed by atoms with Crippen LogP contribution in [0.15, 0.2) is 24.3 Å². The summed E-state index contributed by atoms with van der Waals surface area (Å²) in [6.45, 7) is 10.5. The monoisotopic (exact) mass is 252 g/mol. The Kier molecular flexibility index (Phi) is 4.88. The molecule has 0 fully saturated rings. The fraction of sp³-hybridized carbons (Fsp3) is 0.600. The van der Waals surface area contributed by atoms with E-state index in [4.69, 9.17) is 5.73 Å². The van der Waals surface area contributed by atoms with E-state index in [9.17, 15) is 4.39 Å². The van der Waals surface area contributed by atoms with Crippen molar-refractivity contribution in [1.82, 2.24) is 5.32 Å². The Hall–Kier alpha value is -0.930. The minimum absolute atomic E-state index is 0.0747. The zero-order valence-electron chi connectivity index (χ0n) is 11.9. The third kappa shape index (κ3) is 4.07. The molecule has 0 atom stereocenters. The molecule has 0 heterocycles. The fourth-order valence-corrected chi connectivity index (χ4v) is 1.89. The molecule has 0 spiro atoms. The normalized spacial score (nSPS) is 12.8. The number of halogens is 1. The summed E-state index contributed by atoms with van der Waals surface area (Å²) in [6, 6.07) is 6.97. The smallest absolute Gasteiger partial charge is 0.126 e. The van der Waals surface area contributed by atoms with Crippen LogP contribution in [0.2, 0.25) is 0 Å². The molecule has 18 heavy (non-hydrogen) atoms. The van der Waals surface area contributed by atoms with E-state index in [1.807, 2.05) is 26.0 Å². The van der Waals surface area contributed by atoms with Crippen molar-refractivity contribution in [2.24, 2.45) is 11.1 Å². The van der Waals surface area contributed by atoms with Crippen molar-refractivity contribution in [3.63, 3.8) is 0 Å². The van der Waals surface area contributed by atoms with Crippen molar-refractivity contribution in [3.05, 3.63) is 35.6 Å². The molecule has 0 saturated carbocycles. The molecule has 0 aliphatic rings. The maximum Gasteiger partial charge on any atom is 0.126 e. The van der Waals surface area contributed by atoms with E-state index in [2.05, 4.69) is 19.2 Å². The van der Waals surface area contributed by atoms with Gasteiger partial charge in [0.05, 0.1) is 0 Å². The van der Waals surface area contributed by atoms with Crippen molar-refractivity contribution in [2.45, 2.75) is 33.1 Å². The van der Waals surface area contributed by atoms with Crippen LogP contribution in [0.5, 0.6) is 0 Å². The predicted molar refractivity (Wildman–Crippen MR) is 75.1 cm³/mol. The zero-order chi connectivity index (χ0) is 13.8. The van der Waals surface area contributed by atoms with E-state index in [1.165, 1.54) is 6.07 Å². The van der Waals surface area contributed by atoms with Gasteiger partial charge in [-0.3, -0.25) is 0 Å². The van der Waals surface area contributed by atoms with Crippen LogP contribution in [0.4, 0.5) is 4.39 Å². The molecule has 0 amide bonds. The van der Waals surface area contributed by atoms with Gasteiger partial charge in [-0.2, -0.15) is 0 Å². The van der Waals surface area contributed by atoms with Gasteiger partial charge >= 0.3 is 0 Å². The van der Waals surface area contributed by atoms with Gasteiger partial charge in [-0.15, -0.1) is 0 Å². The Labute approximate surface area is 110 Å². The molecular weight excluding hydrogens is 227 g/mol. The second kappa shape index (κ2) is 5.81. The summed E-state index contributed by atoms with van der Waals surface area (Å²) in [6.07, 6.45) is 0. The number of benzene rings is 1. The Bertz CT molecular complexity index is 386. The second-order valence-corrected chi connectivity index (χ2v) is 6.34. The van der Waals surface area contributed by atoms with Crippen LogP contribution in [0.1, 0.15) is 33.3 Å². The summed E-state index contributed by atoms with van der Waals surface area (Å²) < 4.78 is 13.8. The number of hydrogen-bond donors (Lipinski definition) is 2. The minimum Gasteiger partial charge on any atom is -0.330 e. The van der Waals surface area contributed by atoms with E-state index >= 15 is 0 Å². The lowest BCUT2D eigenvalue weighted by atomic mass is 9.83. The van der Waals surface area contributed by atoms with Gasteiger partial charge in [0.15, 0.2) is 0 Å².